The molecular weight excluding hydrogens is 282 g/mol. The van der Waals surface area contributed by atoms with Gasteiger partial charge in [0.05, 0.1) is 29.0 Å². The van der Waals surface area contributed by atoms with Crippen molar-refractivity contribution in [2.24, 2.45) is 5.92 Å². The number of aliphatic hydroxyl groups is 1. The third kappa shape index (κ3) is 3.53. The van der Waals surface area contributed by atoms with E-state index in [1.54, 1.807) is 6.20 Å². The summed E-state index contributed by atoms with van der Waals surface area (Å²) in [6, 6.07) is 0. The molecule has 5 heteroatoms. The number of halogens is 1. The maximum absolute atomic E-state index is 10.2. The third-order valence-electron chi connectivity index (χ3n) is 3.16. The Kier molecular flexibility index (Phi) is 4.22. The smallest absolute Gasteiger partial charge is 0.0970 e. The lowest BCUT2D eigenvalue weighted by atomic mass is 10.1. The first-order valence-corrected chi connectivity index (χ1v) is 6.91. The molecule has 1 aromatic heterocycles. The molecule has 0 spiro atoms. The molecule has 1 unspecified atom stereocenters. The van der Waals surface area contributed by atoms with Crippen LogP contribution in [0.15, 0.2) is 10.7 Å². The monoisotopic (exact) mass is 301 g/mol. The van der Waals surface area contributed by atoms with Gasteiger partial charge in [-0.2, -0.15) is 5.10 Å². The summed E-state index contributed by atoms with van der Waals surface area (Å²) in [6.45, 7) is 1.74. The highest BCUT2D eigenvalue weighted by Gasteiger charge is 2.28. The van der Waals surface area contributed by atoms with Gasteiger partial charge >= 0.3 is 0 Å². The van der Waals surface area contributed by atoms with Crippen LogP contribution >= 0.6 is 15.9 Å². The van der Waals surface area contributed by atoms with E-state index in [1.807, 2.05) is 18.8 Å². The van der Waals surface area contributed by atoms with E-state index in [1.165, 1.54) is 12.8 Å². The molecule has 1 heterocycles. The largest absolute Gasteiger partial charge is 0.387 e. The molecule has 0 radical (unpaired) electrons. The highest BCUT2D eigenvalue weighted by Crippen LogP contribution is 2.38. The maximum atomic E-state index is 10.2. The molecule has 1 saturated carbocycles. The Balaban J connectivity index is 2.04. The Bertz CT molecular complexity index is 374. The second-order valence-corrected chi connectivity index (χ2v) is 5.95. The minimum Gasteiger partial charge on any atom is -0.387 e. The van der Waals surface area contributed by atoms with E-state index in [2.05, 4.69) is 25.9 Å². The van der Waals surface area contributed by atoms with Gasteiger partial charge in [-0.15, -0.1) is 0 Å². The minimum absolute atomic E-state index is 0.387. The van der Waals surface area contributed by atoms with Gasteiger partial charge in [0, 0.05) is 6.54 Å². The van der Waals surface area contributed by atoms with Crippen molar-refractivity contribution in [3.63, 3.8) is 0 Å². The van der Waals surface area contributed by atoms with Crippen LogP contribution in [-0.4, -0.2) is 40.4 Å². The Hall–Kier alpha value is -0.390. The molecule has 2 rings (SSSR count). The zero-order chi connectivity index (χ0) is 12.4. The quantitative estimate of drug-likeness (QED) is 0.874. The zero-order valence-corrected chi connectivity index (χ0v) is 12.0. The van der Waals surface area contributed by atoms with Crippen LogP contribution in [-0.2, 0) is 6.54 Å². The average molecular weight is 302 g/mol. The Morgan fingerprint density at radius 2 is 2.29 bits per heavy atom. The molecule has 96 valence electrons. The normalized spacial score (nSPS) is 17.7. The van der Waals surface area contributed by atoms with Crippen LogP contribution in [0.5, 0.6) is 0 Å². The van der Waals surface area contributed by atoms with Crippen LogP contribution in [0.3, 0.4) is 0 Å². The van der Waals surface area contributed by atoms with Crippen molar-refractivity contribution in [1.29, 1.82) is 0 Å². The fourth-order valence-corrected chi connectivity index (χ4v) is 2.52. The topological polar surface area (TPSA) is 41.3 Å². The van der Waals surface area contributed by atoms with Crippen LogP contribution in [0.1, 0.15) is 31.1 Å². The summed E-state index contributed by atoms with van der Waals surface area (Å²) < 4.78 is 2.83. The highest BCUT2D eigenvalue weighted by atomic mass is 79.9. The number of aromatic nitrogens is 2. The molecule has 1 aromatic rings. The van der Waals surface area contributed by atoms with E-state index in [-0.39, 0.29) is 6.10 Å². The van der Waals surface area contributed by atoms with Gasteiger partial charge in [0.1, 0.15) is 0 Å². The lowest BCUT2D eigenvalue weighted by molar-refractivity contribution is 0.147. The molecule has 0 amide bonds. The average Bonchev–Trinajstić information content (AvgIpc) is 2.97. The molecule has 17 heavy (non-hydrogen) atoms. The summed E-state index contributed by atoms with van der Waals surface area (Å²) in [7, 11) is 4.08. The summed E-state index contributed by atoms with van der Waals surface area (Å²) in [6.07, 6.45) is 4.79. The summed E-state index contributed by atoms with van der Waals surface area (Å²) in [5.41, 5.74) is 0.929. The lowest BCUT2D eigenvalue weighted by Gasteiger charge is -2.16. The molecule has 0 aliphatic heterocycles. The summed E-state index contributed by atoms with van der Waals surface area (Å²) >= 11 is 3.48. The van der Waals surface area contributed by atoms with Gasteiger partial charge in [0.2, 0.25) is 0 Å². The molecule has 4 nitrogen and oxygen atoms in total. The van der Waals surface area contributed by atoms with Crippen molar-refractivity contribution >= 4 is 15.9 Å². The van der Waals surface area contributed by atoms with Gasteiger partial charge in [-0.05, 0) is 42.4 Å². The molecule has 1 aliphatic carbocycles. The fourth-order valence-electron chi connectivity index (χ4n) is 1.96. The van der Waals surface area contributed by atoms with Crippen molar-refractivity contribution in [2.75, 3.05) is 20.6 Å². The van der Waals surface area contributed by atoms with Crippen molar-refractivity contribution in [3.05, 3.63) is 16.4 Å². The van der Waals surface area contributed by atoms with E-state index in [4.69, 9.17) is 0 Å². The predicted molar refractivity (Wildman–Crippen MR) is 70.8 cm³/mol. The van der Waals surface area contributed by atoms with Crippen LogP contribution in [0, 0.1) is 5.92 Å². The Morgan fingerprint density at radius 3 is 2.88 bits per heavy atom. The van der Waals surface area contributed by atoms with E-state index in [0.29, 0.717) is 5.92 Å². The molecule has 0 saturated heterocycles. The highest BCUT2D eigenvalue weighted by molar-refractivity contribution is 9.10. The third-order valence-corrected chi connectivity index (χ3v) is 3.77. The number of likely N-dealkylation sites (N-methyl/N-ethyl adjacent to an activating group) is 1. The Labute approximate surface area is 111 Å². The van der Waals surface area contributed by atoms with Gasteiger partial charge in [-0.3, -0.25) is 4.68 Å². The number of nitrogens with zero attached hydrogens (tertiary/aromatic N) is 3. The van der Waals surface area contributed by atoms with Crippen LogP contribution in [0.2, 0.25) is 0 Å². The number of rotatable bonds is 6. The number of aliphatic hydroxyl groups excluding tert-OH is 1. The number of hydrogen-bond acceptors (Lipinski definition) is 3. The molecular formula is C12H20BrN3O. The van der Waals surface area contributed by atoms with Crippen molar-refractivity contribution in [1.82, 2.24) is 14.7 Å². The standard InChI is InChI=1S/C12H20BrN3O/c1-15(2)5-6-16-12(10(13)8-14-16)11(17)7-9-3-4-9/h8-9,11,17H,3-7H2,1-2H3. The summed E-state index contributed by atoms with van der Waals surface area (Å²) in [5, 5.41) is 14.6. The first kappa shape index (κ1) is 13.1. The molecule has 1 aliphatic rings. The van der Waals surface area contributed by atoms with Crippen molar-refractivity contribution in [2.45, 2.75) is 31.9 Å². The minimum atomic E-state index is -0.387. The van der Waals surface area contributed by atoms with E-state index in [9.17, 15) is 5.11 Å². The first-order chi connectivity index (χ1) is 8.08. The second kappa shape index (κ2) is 5.50. The van der Waals surface area contributed by atoms with Gasteiger partial charge in [0.25, 0.3) is 0 Å². The first-order valence-electron chi connectivity index (χ1n) is 6.12. The molecule has 0 bridgehead atoms. The van der Waals surface area contributed by atoms with Gasteiger partial charge in [-0.1, -0.05) is 12.8 Å². The van der Waals surface area contributed by atoms with Crippen molar-refractivity contribution < 1.29 is 5.11 Å². The molecule has 1 fully saturated rings. The Morgan fingerprint density at radius 1 is 1.59 bits per heavy atom. The molecule has 0 aromatic carbocycles. The van der Waals surface area contributed by atoms with E-state index >= 15 is 0 Å². The van der Waals surface area contributed by atoms with Gasteiger partial charge in [-0.25, -0.2) is 0 Å². The van der Waals surface area contributed by atoms with Crippen LogP contribution < -0.4 is 0 Å². The zero-order valence-electron chi connectivity index (χ0n) is 10.4. The van der Waals surface area contributed by atoms with Gasteiger partial charge < -0.3 is 10.0 Å². The summed E-state index contributed by atoms with van der Waals surface area (Å²) in [5.74, 6) is 0.717. The predicted octanol–water partition coefficient (Wildman–Crippen LogP) is 2.04. The SMILES string of the molecule is CN(C)CCn1ncc(Br)c1C(O)CC1CC1. The van der Waals surface area contributed by atoms with E-state index in [0.717, 1.165) is 29.7 Å². The van der Waals surface area contributed by atoms with Crippen LogP contribution in [0.25, 0.3) is 0 Å². The summed E-state index contributed by atoms with van der Waals surface area (Å²) in [4.78, 5) is 2.12. The molecule has 1 N–H and O–H groups in total. The van der Waals surface area contributed by atoms with E-state index < -0.39 is 0 Å². The van der Waals surface area contributed by atoms with Crippen LogP contribution in [0.4, 0.5) is 0 Å². The van der Waals surface area contributed by atoms with Crippen molar-refractivity contribution in [3.8, 4) is 0 Å². The molecule has 1 atom stereocenters. The van der Waals surface area contributed by atoms with Gasteiger partial charge in [0.15, 0.2) is 0 Å². The fraction of sp³-hybridized carbons (Fsp3) is 0.750. The lowest BCUT2D eigenvalue weighted by Crippen LogP contribution is -2.21. The maximum Gasteiger partial charge on any atom is 0.0970 e. The second-order valence-electron chi connectivity index (χ2n) is 5.10. The number of hydrogen-bond donors (Lipinski definition) is 1.